The highest BCUT2D eigenvalue weighted by Crippen LogP contribution is 2.40. The van der Waals surface area contributed by atoms with Crippen LogP contribution in [0.1, 0.15) is 72.0 Å². The zero-order valence-electron chi connectivity index (χ0n) is 19.2. The number of carbonyl (C=O) groups is 2. The molecule has 1 aliphatic heterocycles. The molecule has 3 aliphatic rings. The van der Waals surface area contributed by atoms with Crippen LogP contribution in [0, 0.1) is 11.7 Å². The summed E-state index contributed by atoms with van der Waals surface area (Å²) in [5, 5.41) is 0. The number of Topliss-reactive ketones (excluding diaryl/α,β-unsaturated/α-hetero) is 1. The maximum Gasteiger partial charge on any atom is 0.314 e. The molecule has 6 nitrogen and oxygen atoms in total. The van der Waals surface area contributed by atoms with Crippen LogP contribution in [0.2, 0.25) is 0 Å². The predicted octanol–water partition coefficient (Wildman–Crippen LogP) is 4.40. The third-order valence-corrected chi connectivity index (χ3v) is 9.27. The van der Waals surface area contributed by atoms with Crippen molar-refractivity contribution in [2.24, 2.45) is 5.92 Å². The Morgan fingerprint density at radius 2 is 1.76 bits per heavy atom. The molecule has 0 bridgehead atoms. The van der Waals surface area contributed by atoms with E-state index in [0.29, 0.717) is 23.3 Å². The van der Waals surface area contributed by atoms with E-state index in [-0.39, 0.29) is 42.5 Å². The van der Waals surface area contributed by atoms with E-state index in [1.165, 1.54) is 22.0 Å². The monoisotopic (exact) mass is 485 g/mol. The molecule has 0 N–H and O–H groups in total. The number of rotatable bonds is 4. The van der Waals surface area contributed by atoms with Gasteiger partial charge in [0.25, 0.3) is 0 Å². The fraction of sp³-hybridized carbons (Fsp3) is 0.462. The number of hydrogen-bond acceptors (Lipinski definition) is 5. The molecular weight excluding hydrogens is 457 g/mol. The molecule has 0 saturated carbocycles. The fourth-order valence-electron chi connectivity index (χ4n) is 5.45. The number of piperidine rings is 1. The molecule has 34 heavy (non-hydrogen) atoms. The van der Waals surface area contributed by atoms with Crippen molar-refractivity contribution in [2.75, 3.05) is 13.1 Å². The Hall–Kier alpha value is -2.58. The highest BCUT2D eigenvalue weighted by molar-refractivity contribution is 7.89. The number of nitrogens with zero attached hydrogens (tertiary/aromatic N) is 1. The Morgan fingerprint density at radius 3 is 2.50 bits per heavy atom. The lowest BCUT2D eigenvalue weighted by Crippen LogP contribution is -2.41. The maximum absolute atomic E-state index is 14.2. The van der Waals surface area contributed by atoms with Gasteiger partial charge in [-0.2, -0.15) is 4.31 Å². The zero-order chi connectivity index (χ0) is 24.0. The summed E-state index contributed by atoms with van der Waals surface area (Å²) in [6, 6.07) is 7.97. The van der Waals surface area contributed by atoms with Crippen molar-refractivity contribution in [1.29, 1.82) is 0 Å². The number of benzene rings is 2. The van der Waals surface area contributed by atoms with Crippen molar-refractivity contribution >= 4 is 21.8 Å². The van der Waals surface area contributed by atoms with Crippen LogP contribution >= 0.6 is 0 Å². The minimum Gasteiger partial charge on any atom is -0.426 e. The third kappa shape index (κ3) is 4.07. The van der Waals surface area contributed by atoms with Crippen LogP contribution in [0.15, 0.2) is 35.2 Å². The second-order valence-corrected chi connectivity index (χ2v) is 11.5. The summed E-state index contributed by atoms with van der Waals surface area (Å²) in [5.41, 5.74) is 2.81. The van der Waals surface area contributed by atoms with E-state index < -0.39 is 27.7 Å². The molecule has 1 saturated heterocycles. The van der Waals surface area contributed by atoms with Gasteiger partial charge in [-0.3, -0.25) is 9.59 Å². The summed E-state index contributed by atoms with van der Waals surface area (Å²) < 4.78 is 47.6. The molecule has 1 fully saturated rings. The largest absolute Gasteiger partial charge is 0.426 e. The molecule has 8 heteroatoms. The van der Waals surface area contributed by atoms with Gasteiger partial charge in [0.1, 0.15) is 11.6 Å². The van der Waals surface area contributed by atoms with Crippen molar-refractivity contribution in [3.8, 4) is 5.75 Å². The first-order valence-electron chi connectivity index (χ1n) is 11.9. The van der Waals surface area contributed by atoms with Crippen molar-refractivity contribution in [3.63, 3.8) is 0 Å². The smallest absolute Gasteiger partial charge is 0.314 e. The molecule has 180 valence electrons. The molecular formula is C26H28FNO5S. The zero-order valence-corrected chi connectivity index (χ0v) is 20.0. The van der Waals surface area contributed by atoms with Gasteiger partial charge in [0.2, 0.25) is 10.0 Å². The van der Waals surface area contributed by atoms with Crippen LogP contribution in [-0.4, -0.2) is 37.6 Å². The van der Waals surface area contributed by atoms with Crippen molar-refractivity contribution in [2.45, 2.75) is 62.7 Å². The standard InChI is InChI=1S/C26H28FNO5S/c1-16-14-22(29)25-23(9-8-21(27)24(16)25)33-26(30)18-10-12-28(13-11-18)34(31,32)20-7-6-17-4-2-3-5-19(17)15-20/h6-9,15-16,18H,2-5,10-14H2,1H3. The summed E-state index contributed by atoms with van der Waals surface area (Å²) >= 11 is 0. The molecule has 1 unspecified atom stereocenters. The number of fused-ring (bicyclic) bond motifs is 2. The Bertz CT molecular complexity index is 1260. The number of halogens is 1. The Labute approximate surface area is 199 Å². The molecule has 0 amide bonds. The molecule has 1 atom stereocenters. The van der Waals surface area contributed by atoms with Crippen LogP contribution in [0.3, 0.4) is 0 Å². The first kappa shape index (κ1) is 23.2. The molecule has 0 spiro atoms. The molecule has 0 radical (unpaired) electrons. The first-order chi connectivity index (χ1) is 16.3. The average Bonchev–Trinajstić information content (AvgIpc) is 3.15. The summed E-state index contributed by atoms with van der Waals surface area (Å²) in [7, 11) is -3.63. The van der Waals surface area contributed by atoms with Crippen LogP contribution in [-0.2, 0) is 27.7 Å². The van der Waals surface area contributed by atoms with Gasteiger partial charge < -0.3 is 4.74 Å². The van der Waals surface area contributed by atoms with Gasteiger partial charge in [0.05, 0.1) is 16.4 Å². The number of esters is 1. The number of sulfonamides is 1. The fourth-order valence-corrected chi connectivity index (χ4v) is 6.97. The van der Waals surface area contributed by atoms with E-state index in [1.807, 2.05) is 6.07 Å². The van der Waals surface area contributed by atoms with Crippen LogP contribution in [0.4, 0.5) is 4.39 Å². The SMILES string of the molecule is CC1CC(=O)c2c(OC(=O)C3CCN(S(=O)(=O)c4ccc5c(c4)CCCC5)CC3)ccc(F)c21. The number of carbonyl (C=O) groups excluding carboxylic acids is 2. The lowest BCUT2D eigenvalue weighted by molar-refractivity contribution is -0.140. The first-order valence-corrected chi connectivity index (χ1v) is 13.4. The molecule has 0 aromatic heterocycles. The minimum absolute atomic E-state index is 0.0971. The van der Waals surface area contributed by atoms with Gasteiger partial charge in [-0.05, 0) is 79.8 Å². The van der Waals surface area contributed by atoms with Crippen molar-refractivity contribution < 1.29 is 27.1 Å². The second kappa shape index (κ2) is 8.89. The van der Waals surface area contributed by atoms with Crippen LogP contribution < -0.4 is 4.74 Å². The summed E-state index contributed by atoms with van der Waals surface area (Å²) in [5.74, 6) is -1.83. The average molecular weight is 486 g/mol. The number of hydrogen-bond donors (Lipinski definition) is 0. The van der Waals surface area contributed by atoms with Gasteiger partial charge in [0.15, 0.2) is 5.78 Å². The van der Waals surface area contributed by atoms with E-state index in [1.54, 1.807) is 19.1 Å². The van der Waals surface area contributed by atoms with Crippen LogP contribution in [0.5, 0.6) is 5.75 Å². The predicted molar refractivity (Wildman–Crippen MR) is 124 cm³/mol. The van der Waals surface area contributed by atoms with E-state index in [4.69, 9.17) is 4.74 Å². The number of aryl methyl sites for hydroxylation is 2. The maximum atomic E-state index is 14.2. The molecule has 1 heterocycles. The summed E-state index contributed by atoms with van der Waals surface area (Å²) in [6.07, 6.45) is 4.96. The topological polar surface area (TPSA) is 80.8 Å². The van der Waals surface area contributed by atoms with Gasteiger partial charge in [-0.25, -0.2) is 12.8 Å². The Balaban J connectivity index is 1.26. The molecule has 2 aliphatic carbocycles. The van der Waals surface area contributed by atoms with Gasteiger partial charge >= 0.3 is 5.97 Å². The highest BCUT2D eigenvalue weighted by atomic mass is 32.2. The number of ether oxygens (including phenoxy) is 1. The van der Waals surface area contributed by atoms with Gasteiger partial charge in [-0.1, -0.05) is 13.0 Å². The Kier molecular flexibility index (Phi) is 6.06. The van der Waals surface area contributed by atoms with E-state index in [9.17, 15) is 22.4 Å². The number of ketones is 1. The third-order valence-electron chi connectivity index (χ3n) is 7.37. The highest BCUT2D eigenvalue weighted by Gasteiger charge is 2.36. The summed E-state index contributed by atoms with van der Waals surface area (Å²) in [6.45, 7) is 2.21. The van der Waals surface area contributed by atoms with Gasteiger partial charge in [0, 0.05) is 25.1 Å². The van der Waals surface area contributed by atoms with E-state index in [2.05, 4.69) is 0 Å². The lowest BCUT2D eigenvalue weighted by Gasteiger charge is -2.30. The van der Waals surface area contributed by atoms with E-state index >= 15 is 0 Å². The molecule has 2 aromatic carbocycles. The molecule has 2 aromatic rings. The van der Waals surface area contributed by atoms with Gasteiger partial charge in [-0.15, -0.1) is 0 Å². The summed E-state index contributed by atoms with van der Waals surface area (Å²) in [4.78, 5) is 25.5. The Morgan fingerprint density at radius 1 is 1.06 bits per heavy atom. The minimum atomic E-state index is -3.63. The normalized spacial score (nSPS) is 21.2. The molecule has 5 rings (SSSR count). The quantitative estimate of drug-likeness (QED) is 0.474. The van der Waals surface area contributed by atoms with Crippen LogP contribution in [0.25, 0.3) is 0 Å². The van der Waals surface area contributed by atoms with E-state index in [0.717, 1.165) is 31.2 Å². The lowest BCUT2D eigenvalue weighted by atomic mass is 9.92. The van der Waals surface area contributed by atoms with Crippen molar-refractivity contribution in [1.82, 2.24) is 4.31 Å². The van der Waals surface area contributed by atoms with Crippen molar-refractivity contribution in [3.05, 3.63) is 58.4 Å². The second-order valence-electron chi connectivity index (χ2n) is 9.60.